The molecule has 0 bridgehead atoms. The van der Waals surface area contributed by atoms with Crippen molar-refractivity contribution < 1.29 is 8.42 Å². The van der Waals surface area contributed by atoms with Crippen LogP contribution in [0.15, 0.2) is 0 Å². The van der Waals surface area contributed by atoms with Gasteiger partial charge in [0.25, 0.3) is 0 Å². The topological polar surface area (TPSA) is 49.4 Å². The number of hydrogen-bond acceptors (Lipinski definition) is 4. The largest absolute Gasteiger partial charge is 0.317 e. The molecule has 0 saturated carbocycles. The summed E-state index contributed by atoms with van der Waals surface area (Å²) in [5.74, 6) is 1.25. The van der Waals surface area contributed by atoms with Crippen LogP contribution in [0.2, 0.25) is 0 Å². The lowest BCUT2D eigenvalue weighted by Crippen LogP contribution is -2.41. The van der Waals surface area contributed by atoms with E-state index in [1.165, 1.54) is 12.8 Å². The highest BCUT2D eigenvalue weighted by Gasteiger charge is 2.21. The summed E-state index contributed by atoms with van der Waals surface area (Å²) in [6.07, 6.45) is 2.41. The first-order valence-corrected chi connectivity index (χ1v) is 8.38. The van der Waals surface area contributed by atoms with Gasteiger partial charge in [-0.2, -0.15) is 0 Å². The van der Waals surface area contributed by atoms with E-state index >= 15 is 0 Å². The summed E-state index contributed by atoms with van der Waals surface area (Å²) < 4.78 is 23.1. The summed E-state index contributed by atoms with van der Waals surface area (Å²) in [4.78, 5) is 2.20. The lowest BCUT2D eigenvalue weighted by molar-refractivity contribution is 0.206. The lowest BCUT2D eigenvalue weighted by Gasteiger charge is -2.31. The van der Waals surface area contributed by atoms with E-state index in [-0.39, 0.29) is 17.5 Å². The van der Waals surface area contributed by atoms with Crippen molar-refractivity contribution in [3.05, 3.63) is 0 Å². The molecular weight excluding hydrogens is 236 g/mol. The molecular formula is C12H26N2O2S. The number of rotatable bonds is 6. The van der Waals surface area contributed by atoms with E-state index in [0.29, 0.717) is 5.92 Å². The molecule has 1 heterocycles. The maximum absolute atomic E-state index is 11.6. The molecule has 1 rings (SSSR count). The fraction of sp³-hybridized carbons (Fsp3) is 1.00. The normalized spacial score (nSPS) is 20.7. The Bertz CT molecular complexity index is 310. The fourth-order valence-electron chi connectivity index (χ4n) is 2.26. The van der Waals surface area contributed by atoms with E-state index in [2.05, 4.69) is 10.2 Å². The van der Waals surface area contributed by atoms with Crippen molar-refractivity contribution >= 4 is 9.84 Å². The lowest BCUT2D eigenvalue weighted by atomic mass is 9.97. The third-order valence-corrected chi connectivity index (χ3v) is 5.56. The third-order valence-electron chi connectivity index (χ3n) is 3.69. The Kier molecular flexibility index (Phi) is 5.89. The summed E-state index contributed by atoms with van der Waals surface area (Å²) >= 11 is 0. The molecule has 1 aliphatic heterocycles. The molecule has 0 aliphatic carbocycles. The van der Waals surface area contributed by atoms with E-state index in [4.69, 9.17) is 0 Å². The van der Waals surface area contributed by atoms with Gasteiger partial charge in [-0.15, -0.1) is 0 Å². The van der Waals surface area contributed by atoms with Gasteiger partial charge in [-0.05, 0) is 45.8 Å². The second-order valence-electron chi connectivity index (χ2n) is 5.18. The predicted molar refractivity (Wildman–Crippen MR) is 72.0 cm³/mol. The van der Waals surface area contributed by atoms with Gasteiger partial charge < -0.3 is 10.2 Å². The van der Waals surface area contributed by atoms with Gasteiger partial charge >= 0.3 is 0 Å². The van der Waals surface area contributed by atoms with E-state index in [1.807, 2.05) is 14.0 Å². The molecule has 1 atom stereocenters. The van der Waals surface area contributed by atoms with Crippen LogP contribution in [-0.4, -0.2) is 57.5 Å². The molecule has 1 saturated heterocycles. The van der Waals surface area contributed by atoms with Crippen LogP contribution in [0.4, 0.5) is 0 Å². The van der Waals surface area contributed by atoms with Crippen molar-refractivity contribution in [2.75, 3.05) is 38.2 Å². The van der Waals surface area contributed by atoms with Gasteiger partial charge in [-0.25, -0.2) is 8.42 Å². The zero-order valence-corrected chi connectivity index (χ0v) is 12.1. The first kappa shape index (κ1) is 14.9. The monoisotopic (exact) mass is 262 g/mol. The molecule has 1 unspecified atom stereocenters. The molecule has 0 radical (unpaired) electrons. The van der Waals surface area contributed by atoms with Crippen LogP contribution in [-0.2, 0) is 9.84 Å². The first-order chi connectivity index (χ1) is 7.94. The number of sulfone groups is 1. The second-order valence-corrected chi connectivity index (χ2v) is 7.58. The second kappa shape index (κ2) is 6.71. The number of piperidine rings is 1. The minimum atomic E-state index is -2.86. The molecule has 0 aromatic carbocycles. The molecule has 0 spiro atoms. The zero-order valence-electron chi connectivity index (χ0n) is 11.3. The van der Waals surface area contributed by atoms with E-state index in [0.717, 1.165) is 19.6 Å². The quantitative estimate of drug-likeness (QED) is 0.767. The molecule has 1 aliphatic rings. The first-order valence-electron chi connectivity index (χ1n) is 6.56. The van der Waals surface area contributed by atoms with Crippen molar-refractivity contribution in [3.8, 4) is 0 Å². The highest BCUT2D eigenvalue weighted by atomic mass is 32.2. The standard InChI is InChI=1S/C12H26N2O2S/c1-4-17(15,16)10-11(2)14(3)9-12-5-7-13-8-6-12/h11-13H,4-10H2,1-3H3. The molecule has 4 nitrogen and oxygen atoms in total. The minimum Gasteiger partial charge on any atom is -0.317 e. The third kappa shape index (κ3) is 5.36. The Labute approximate surface area is 106 Å². The van der Waals surface area contributed by atoms with Crippen LogP contribution in [0.5, 0.6) is 0 Å². The SMILES string of the molecule is CCS(=O)(=O)CC(C)N(C)CC1CCNCC1. The molecule has 5 heteroatoms. The Hall–Kier alpha value is -0.130. The Morgan fingerprint density at radius 3 is 2.47 bits per heavy atom. The maximum Gasteiger partial charge on any atom is 0.151 e. The van der Waals surface area contributed by atoms with Crippen molar-refractivity contribution in [2.24, 2.45) is 5.92 Å². The highest BCUT2D eigenvalue weighted by Crippen LogP contribution is 2.14. The van der Waals surface area contributed by atoms with Gasteiger partial charge in [-0.1, -0.05) is 6.92 Å². The van der Waals surface area contributed by atoms with Crippen LogP contribution < -0.4 is 5.32 Å². The zero-order chi connectivity index (χ0) is 12.9. The minimum absolute atomic E-state index is 0.120. The highest BCUT2D eigenvalue weighted by molar-refractivity contribution is 7.91. The number of nitrogens with one attached hydrogen (secondary N) is 1. The predicted octanol–water partition coefficient (Wildman–Crippen LogP) is 0.741. The van der Waals surface area contributed by atoms with E-state index < -0.39 is 9.84 Å². The molecule has 0 aromatic rings. The summed E-state index contributed by atoms with van der Waals surface area (Å²) in [6.45, 7) is 6.94. The van der Waals surface area contributed by atoms with Crippen LogP contribution >= 0.6 is 0 Å². The molecule has 102 valence electrons. The van der Waals surface area contributed by atoms with Gasteiger partial charge in [0, 0.05) is 18.3 Å². The Morgan fingerprint density at radius 2 is 1.94 bits per heavy atom. The van der Waals surface area contributed by atoms with Crippen LogP contribution in [0.1, 0.15) is 26.7 Å². The van der Waals surface area contributed by atoms with Gasteiger partial charge in [0.2, 0.25) is 0 Å². The summed E-state index contributed by atoms with van der Waals surface area (Å²) in [5.41, 5.74) is 0. The van der Waals surface area contributed by atoms with Crippen LogP contribution in [0.3, 0.4) is 0 Å². The van der Waals surface area contributed by atoms with Gasteiger partial charge in [-0.3, -0.25) is 0 Å². The van der Waals surface area contributed by atoms with E-state index in [1.54, 1.807) is 6.92 Å². The Morgan fingerprint density at radius 1 is 1.35 bits per heavy atom. The van der Waals surface area contributed by atoms with Crippen molar-refractivity contribution in [1.29, 1.82) is 0 Å². The van der Waals surface area contributed by atoms with Crippen molar-refractivity contribution in [2.45, 2.75) is 32.7 Å². The molecule has 0 aromatic heterocycles. The van der Waals surface area contributed by atoms with Crippen LogP contribution in [0, 0.1) is 5.92 Å². The maximum atomic E-state index is 11.6. The molecule has 1 fully saturated rings. The van der Waals surface area contributed by atoms with Crippen molar-refractivity contribution in [3.63, 3.8) is 0 Å². The fourth-order valence-corrected chi connectivity index (χ4v) is 3.49. The average molecular weight is 262 g/mol. The summed E-state index contributed by atoms with van der Waals surface area (Å²) in [7, 11) is -0.819. The Balaban J connectivity index is 2.38. The molecule has 0 amide bonds. The summed E-state index contributed by atoms with van der Waals surface area (Å²) in [6, 6.07) is 0.120. The van der Waals surface area contributed by atoms with Gasteiger partial charge in [0.15, 0.2) is 9.84 Å². The molecule has 1 N–H and O–H groups in total. The van der Waals surface area contributed by atoms with E-state index in [9.17, 15) is 8.42 Å². The van der Waals surface area contributed by atoms with Gasteiger partial charge in [0.1, 0.15) is 0 Å². The summed E-state index contributed by atoms with van der Waals surface area (Å²) in [5, 5.41) is 3.35. The number of nitrogens with zero attached hydrogens (tertiary/aromatic N) is 1. The van der Waals surface area contributed by atoms with Gasteiger partial charge in [0.05, 0.1) is 5.75 Å². The van der Waals surface area contributed by atoms with Crippen molar-refractivity contribution in [1.82, 2.24) is 10.2 Å². The van der Waals surface area contributed by atoms with Crippen LogP contribution in [0.25, 0.3) is 0 Å². The molecule has 17 heavy (non-hydrogen) atoms. The smallest absolute Gasteiger partial charge is 0.151 e. The number of hydrogen-bond donors (Lipinski definition) is 1. The average Bonchev–Trinajstić information content (AvgIpc) is 2.30.